The molecule has 0 saturated carbocycles. The quantitative estimate of drug-likeness (QED) is 0.289. The van der Waals surface area contributed by atoms with Crippen LogP contribution in [0.4, 0.5) is 13.2 Å². The highest BCUT2D eigenvalue weighted by molar-refractivity contribution is 7.99. The number of halogens is 3. The molecule has 5 rings (SSSR count). The first-order valence-electron chi connectivity index (χ1n) is 11.6. The van der Waals surface area contributed by atoms with Crippen LogP contribution in [0.3, 0.4) is 0 Å². The SMILES string of the molecule is O=C(CSc1nc2c([nH]c3ccccc32)c(=O)n1-c1ccc(OC(F)(F)F)cc1)N1CCCCCC1. The first-order valence-corrected chi connectivity index (χ1v) is 12.6. The molecule has 1 N–H and O–H groups in total. The minimum Gasteiger partial charge on any atom is -0.406 e. The van der Waals surface area contributed by atoms with E-state index in [1.54, 1.807) is 0 Å². The fourth-order valence-electron chi connectivity index (χ4n) is 4.40. The van der Waals surface area contributed by atoms with Gasteiger partial charge in [-0.1, -0.05) is 42.8 Å². The Hall–Kier alpha value is -3.47. The Bertz CT molecular complexity index is 1460. The Morgan fingerprint density at radius 3 is 2.42 bits per heavy atom. The molecule has 1 aliphatic heterocycles. The smallest absolute Gasteiger partial charge is 0.406 e. The number of nitrogens with zero attached hydrogens (tertiary/aromatic N) is 3. The molecular weight excluding hydrogens is 493 g/mol. The zero-order valence-corrected chi connectivity index (χ0v) is 20.0. The summed E-state index contributed by atoms with van der Waals surface area (Å²) >= 11 is 1.14. The fraction of sp³-hybridized carbons (Fsp3) is 0.320. The van der Waals surface area contributed by atoms with Gasteiger partial charge in [0.2, 0.25) is 5.91 Å². The van der Waals surface area contributed by atoms with E-state index in [1.165, 1.54) is 16.7 Å². The van der Waals surface area contributed by atoms with E-state index in [0.29, 0.717) is 24.3 Å². The number of carbonyl (C=O) groups is 1. The number of H-pyrrole nitrogens is 1. The van der Waals surface area contributed by atoms with Crippen molar-refractivity contribution in [1.29, 1.82) is 0 Å². The van der Waals surface area contributed by atoms with Gasteiger partial charge in [0.15, 0.2) is 5.16 Å². The lowest BCUT2D eigenvalue weighted by atomic mass is 10.2. The monoisotopic (exact) mass is 516 g/mol. The summed E-state index contributed by atoms with van der Waals surface area (Å²) in [4.78, 5) is 36.2. The molecule has 0 aliphatic carbocycles. The zero-order chi connectivity index (χ0) is 25.3. The molecule has 0 radical (unpaired) electrons. The molecular formula is C25H23F3N4O3S. The number of para-hydroxylation sites is 1. The largest absolute Gasteiger partial charge is 0.573 e. The second-order valence-electron chi connectivity index (χ2n) is 8.55. The Labute approximate surface area is 208 Å². The highest BCUT2D eigenvalue weighted by atomic mass is 32.2. The number of carbonyl (C=O) groups excluding carboxylic acids is 1. The summed E-state index contributed by atoms with van der Waals surface area (Å²) in [7, 11) is 0. The van der Waals surface area contributed by atoms with E-state index in [1.807, 2.05) is 29.2 Å². The summed E-state index contributed by atoms with van der Waals surface area (Å²) < 4.78 is 43.0. The lowest BCUT2D eigenvalue weighted by molar-refractivity contribution is -0.274. The molecule has 7 nitrogen and oxygen atoms in total. The molecule has 0 unspecified atom stereocenters. The van der Waals surface area contributed by atoms with Crippen molar-refractivity contribution < 1.29 is 22.7 Å². The van der Waals surface area contributed by atoms with E-state index in [4.69, 9.17) is 4.98 Å². The molecule has 4 aromatic rings. The second kappa shape index (κ2) is 9.88. The molecule has 0 spiro atoms. The summed E-state index contributed by atoms with van der Waals surface area (Å²) in [5.74, 6) is -0.338. The van der Waals surface area contributed by atoms with Gasteiger partial charge in [0.25, 0.3) is 5.56 Å². The van der Waals surface area contributed by atoms with Gasteiger partial charge < -0.3 is 14.6 Å². The van der Waals surface area contributed by atoms with Crippen LogP contribution in [0.5, 0.6) is 5.75 Å². The lowest BCUT2D eigenvalue weighted by Crippen LogP contribution is -2.33. The van der Waals surface area contributed by atoms with Crippen molar-refractivity contribution in [3.05, 3.63) is 58.9 Å². The maximum absolute atomic E-state index is 13.6. The van der Waals surface area contributed by atoms with Gasteiger partial charge in [-0.2, -0.15) is 0 Å². The Kier molecular flexibility index (Phi) is 6.65. The molecule has 0 bridgehead atoms. The number of ether oxygens (including phenoxy) is 1. The number of thioether (sulfide) groups is 1. The maximum atomic E-state index is 13.6. The summed E-state index contributed by atoms with van der Waals surface area (Å²) in [6.45, 7) is 1.42. The van der Waals surface area contributed by atoms with Crippen molar-refractivity contribution in [2.45, 2.75) is 37.2 Å². The first-order chi connectivity index (χ1) is 17.3. The number of nitrogens with one attached hydrogen (secondary N) is 1. The molecule has 3 heterocycles. The molecule has 36 heavy (non-hydrogen) atoms. The van der Waals surface area contributed by atoms with Gasteiger partial charge in [-0.05, 0) is 43.2 Å². The number of amides is 1. The van der Waals surface area contributed by atoms with Gasteiger partial charge in [0, 0.05) is 24.0 Å². The lowest BCUT2D eigenvalue weighted by Gasteiger charge is -2.20. The highest BCUT2D eigenvalue weighted by Gasteiger charge is 2.31. The van der Waals surface area contributed by atoms with Gasteiger partial charge >= 0.3 is 6.36 Å². The molecule has 188 valence electrons. The van der Waals surface area contributed by atoms with Gasteiger partial charge in [0.1, 0.15) is 16.8 Å². The van der Waals surface area contributed by atoms with Gasteiger partial charge in [0.05, 0.1) is 11.4 Å². The van der Waals surface area contributed by atoms with Crippen molar-refractivity contribution >= 4 is 39.6 Å². The number of rotatable bonds is 5. The number of benzene rings is 2. The van der Waals surface area contributed by atoms with Crippen LogP contribution in [0.25, 0.3) is 27.6 Å². The zero-order valence-electron chi connectivity index (χ0n) is 19.2. The molecule has 11 heteroatoms. The highest BCUT2D eigenvalue weighted by Crippen LogP contribution is 2.28. The van der Waals surface area contributed by atoms with Crippen LogP contribution in [0.15, 0.2) is 58.5 Å². The maximum Gasteiger partial charge on any atom is 0.573 e. The van der Waals surface area contributed by atoms with E-state index < -0.39 is 17.7 Å². The summed E-state index contributed by atoms with van der Waals surface area (Å²) in [5, 5.41) is 1.05. The Morgan fingerprint density at radius 1 is 1.03 bits per heavy atom. The summed E-state index contributed by atoms with van der Waals surface area (Å²) in [6.07, 6.45) is -0.690. The normalized spacial score (nSPS) is 14.8. The van der Waals surface area contributed by atoms with Gasteiger partial charge in [-0.15, -0.1) is 13.2 Å². The van der Waals surface area contributed by atoms with Gasteiger partial charge in [-0.3, -0.25) is 14.2 Å². The standard InChI is InChI=1S/C25H23F3N4O3S/c26-25(27,28)35-17-11-9-16(10-12-17)32-23(34)22-21(18-7-3-4-8-19(18)29-22)30-24(32)36-15-20(33)31-13-5-1-2-6-14-31/h3-4,7-12,29H,1-2,5-6,13-15H2. The Morgan fingerprint density at radius 2 is 1.72 bits per heavy atom. The van der Waals surface area contributed by atoms with Crippen LogP contribution in [-0.4, -0.2) is 50.5 Å². The van der Waals surface area contributed by atoms with Crippen molar-refractivity contribution in [2.75, 3.05) is 18.8 Å². The molecule has 2 aromatic carbocycles. The van der Waals surface area contributed by atoms with Crippen LogP contribution in [0.1, 0.15) is 25.7 Å². The van der Waals surface area contributed by atoms with Crippen LogP contribution < -0.4 is 10.3 Å². The molecule has 0 atom stereocenters. The first kappa shape index (κ1) is 24.2. The number of aromatic nitrogens is 3. The average Bonchev–Trinajstić information content (AvgIpc) is 3.01. The third kappa shape index (κ3) is 5.06. The van der Waals surface area contributed by atoms with Crippen molar-refractivity contribution in [2.24, 2.45) is 0 Å². The van der Waals surface area contributed by atoms with Gasteiger partial charge in [-0.25, -0.2) is 4.98 Å². The minimum atomic E-state index is -4.82. The average molecular weight is 517 g/mol. The third-order valence-corrected chi connectivity index (χ3v) is 7.03. The topological polar surface area (TPSA) is 80.2 Å². The fourth-order valence-corrected chi connectivity index (χ4v) is 5.31. The van der Waals surface area contributed by atoms with Crippen LogP contribution in [0.2, 0.25) is 0 Å². The molecule has 1 fully saturated rings. The number of alkyl halides is 3. The predicted molar refractivity (Wildman–Crippen MR) is 132 cm³/mol. The van der Waals surface area contributed by atoms with E-state index in [2.05, 4.69) is 9.72 Å². The second-order valence-corrected chi connectivity index (χ2v) is 9.50. The number of fused-ring (bicyclic) bond motifs is 3. The van der Waals surface area contributed by atoms with E-state index in [0.717, 1.165) is 60.5 Å². The van der Waals surface area contributed by atoms with E-state index in [-0.39, 0.29) is 22.3 Å². The van der Waals surface area contributed by atoms with Crippen molar-refractivity contribution in [3.63, 3.8) is 0 Å². The van der Waals surface area contributed by atoms with E-state index >= 15 is 0 Å². The van der Waals surface area contributed by atoms with Crippen LogP contribution in [0, 0.1) is 0 Å². The van der Waals surface area contributed by atoms with Crippen molar-refractivity contribution in [3.8, 4) is 11.4 Å². The third-order valence-electron chi connectivity index (χ3n) is 6.11. The number of hydrogen-bond donors (Lipinski definition) is 1. The molecule has 1 amide bonds. The number of likely N-dealkylation sites (tertiary alicyclic amines) is 1. The minimum absolute atomic E-state index is 0.0318. The van der Waals surface area contributed by atoms with Crippen molar-refractivity contribution in [1.82, 2.24) is 19.4 Å². The molecule has 1 aliphatic rings. The Balaban J connectivity index is 1.55. The summed E-state index contributed by atoms with van der Waals surface area (Å²) in [5.41, 5.74) is 1.39. The number of hydrogen-bond acceptors (Lipinski definition) is 5. The molecule has 1 saturated heterocycles. The van der Waals surface area contributed by atoms with Crippen LogP contribution in [-0.2, 0) is 4.79 Å². The summed E-state index contributed by atoms with van der Waals surface area (Å²) in [6, 6.07) is 12.4. The molecule has 2 aromatic heterocycles. The van der Waals surface area contributed by atoms with E-state index in [9.17, 15) is 22.8 Å². The van der Waals surface area contributed by atoms with Crippen LogP contribution >= 0.6 is 11.8 Å². The number of aromatic amines is 1. The predicted octanol–water partition coefficient (Wildman–Crippen LogP) is 5.26.